The Morgan fingerprint density at radius 1 is 1.89 bits per heavy atom. The summed E-state index contributed by atoms with van der Waals surface area (Å²) in [5.41, 5.74) is -0.392. The molecule has 2 heteroatoms. The van der Waals surface area contributed by atoms with Gasteiger partial charge in [0.25, 0.3) is 0 Å². The molecule has 1 unspecified atom stereocenters. The van der Waals surface area contributed by atoms with Gasteiger partial charge in [0.1, 0.15) is 6.29 Å². The van der Waals surface area contributed by atoms with Crippen LogP contribution >= 0.6 is 0 Å². The Kier molecular flexibility index (Phi) is 2.59. The van der Waals surface area contributed by atoms with E-state index in [0.29, 0.717) is 11.9 Å². The molecule has 0 radical (unpaired) electrons. The van der Waals surface area contributed by atoms with Gasteiger partial charge in [-0.3, -0.25) is 0 Å². The van der Waals surface area contributed by atoms with Crippen LogP contribution in [0, 0.1) is 0 Å². The average molecular weight is 128 g/mol. The molecular weight excluding hydrogens is 116 g/mol. The summed E-state index contributed by atoms with van der Waals surface area (Å²) >= 11 is 0. The van der Waals surface area contributed by atoms with Crippen LogP contribution in [0.1, 0.15) is 20.3 Å². The molecule has 0 heterocycles. The molecule has 1 N–H and O–H groups in total. The molecule has 0 aromatic heterocycles. The number of aldehydes is 1. The molecule has 1 atom stereocenters. The number of hydrogen-bond acceptors (Lipinski definition) is 2. The lowest BCUT2D eigenvalue weighted by Crippen LogP contribution is -2.25. The maximum atomic E-state index is 9.92. The maximum Gasteiger partial charge on any atom is 0.123 e. The van der Waals surface area contributed by atoms with Crippen LogP contribution in [0.5, 0.6) is 0 Å². The van der Waals surface area contributed by atoms with Gasteiger partial charge in [0, 0.05) is 6.42 Å². The normalized spacial score (nSPS) is 16.3. The number of hydrogen-bond donors (Lipinski definition) is 1. The van der Waals surface area contributed by atoms with Gasteiger partial charge in [-0.15, -0.1) is 0 Å². The van der Waals surface area contributed by atoms with Crippen LogP contribution in [0.15, 0.2) is 12.2 Å². The molecule has 0 fully saturated rings. The van der Waals surface area contributed by atoms with Crippen molar-refractivity contribution in [1.29, 1.82) is 0 Å². The molecule has 9 heavy (non-hydrogen) atoms. The number of carbonyl (C=O) groups excluding carboxylic acids is 1. The summed E-state index contributed by atoms with van der Waals surface area (Å²) in [6.07, 6.45) is 0.816. The molecule has 0 saturated heterocycles. The van der Waals surface area contributed by atoms with E-state index in [1.54, 1.807) is 13.8 Å². The van der Waals surface area contributed by atoms with E-state index in [1.807, 2.05) is 0 Å². The third-order valence-corrected chi connectivity index (χ3v) is 1.40. The Bertz CT molecular complexity index is 125. The van der Waals surface area contributed by atoms with E-state index in [2.05, 4.69) is 6.58 Å². The largest absolute Gasteiger partial charge is 0.385 e. The number of carbonyl (C=O) groups is 1. The van der Waals surface area contributed by atoms with Crippen LogP contribution in [0.2, 0.25) is 0 Å². The Balaban J connectivity index is 4.00. The highest BCUT2D eigenvalue weighted by Crippen LogP contribution is 2.15. The first kappa shape index (κ1) is 8.37. The summed E-state index contributed by atoms with van der Waals surface area (Å²) in [7, 11) is 0. The minimum atomic E-state index is -1.01. The van der Waals surface area contributed by atoms with E-state index in [4.69, 9.17) is 0 Å². The van der Waals surface area contributed by atoms with E-state index in [0.717, 1.165) is 0 Å². The molecule has 0 aromatic rings. The van der Waals surface area contributed by atoms with Crippen molar-refractivity contribution >= 4 is 6.29 Å². The molecule has 0 amide bonds. The van der Waals surface area contributed by atoms with Crippen molar-refractivity contribution in [2.45, 2.75) is 25.9 Å². The van der Waals surface area contributed by atoms with Crippen LogP contribution in [0.4, 0.5) is 0 Å². The van der Waals surface area contributed by atoms with E-state index in [9.17, 15) is 9.90 Å². The maximum absolute atomic E-state index is 9.92. The molecule has 0 aliphatic rings. The molecule has 52 valence electrons. The van der Waals surface area contributed by atoms with Crippen molar-refractivity contribution in [1.82, 2.24) is 0 Å². The zero-order valence-electron chi connectivity index (χ0n) is 5.85. The van der Waals surface area contributed by atoms with E-state index in [-0.39, 0.29) is 6.42 Å². The summed E-state index contributed by atoms with van der Waals surface area (Å²) in [5.74, 6) is 0. The van der Waals surface area contributed by atoms with Gasteiger partial charge in [-0.1, -0.05) is 6.58 Å². The molecule has 0 aromatic carbocycles. The zero-order chi connectivity index (χ0) is 7.49. The first-order valence-corrected chi connectivity index (χ1v) is 2.82. The first-order valence-electron chi connectivity index (χ1n) is 2.82. The SMILES string of the molecule is C=C(C)C(C)(O)CC=O. The second kappa shape index (κ2) is 2.78. The van der Waals surface area contributed by atoms with Crippen LogP contribution in [-0.2, 0) is 4.79 Å². The topological polar surface area (TPSA) is 37.3 Å². The van der Waals surface area contributed by atoms with E-state index in [1.165, 1.54) is 0 Å². The molecule has 0 aliphatic carbocycles. The zero-order valence-corrected chi connectivity index (χ0v) is 5.85. The van der Waals surface area contributed by atoms with Gasteiger partial charge in [0.2, 0.25) is 0 Å². The second-order valence-corrected chi connectivity index (χ2v) is 2.42. The van der Waals surface area contributed by atoms with E-state index < -0.39 is 5.60 Å². The van der Waals surface area contributed by atoms with Crippen molar-refractivity contribution in [2.75, 3.05) is 0 Å². The second-order valence-electron chi connectivity index (χ2n) is 2.42. The van der Waals surface area contributed by atoms with Crippen molar-refractivity contribution < 1.29 is 9.90 Å². The lowest BCUT2D eigenvalue weighted by molar-refractivity contribution is -0.110. The fourth-order valence-electron chi connectivity index (χ4n) is 0.336. The minimum absolute atomic E-state index is 0.127. The third-order valence-electron chi connectivity index (χ3n) is 1.40. The van der Waals surface area contributed by atoms with Crippen LogP contribution in [-0.4, -0.2) is 17.0 Å². The molecule has 0 rings (SSSR count). The van der Waals surface area contributed by atoms with Gasteiger partial charge in [-0.2, -0.15) is 0 Å². The van der Waals surface area contributed by atoms with E-state index >= 15 is 0 Å². The van der Waals surface area contributed by atoms with Crippen molar-refractivity contribution in [3.05, 3.63) is 12.2 Å². The molecular formula is C7H12O2. The summed E-state index contributed by atoms with van der Waals surface area (Å²) in [5, 5.41) is 9.26. The molecule has 0 aliphatic heterocycles. The van der Waals surface area contributed by atoms with Gasteiger partial charge >= 0.3 is 0 Å². The number of aliphatic hydroxyl groups is 1. The van der Waals surface area contributed by atoms with Crippen molar-refractivity contribution in [3.8, 4) is 0 Å². The Morgan fingerprint density at radius 3 is 2.44 bits per heavy atom. The molecule has 2 nitrogen and oxygen atoms in total. The Hall–Kier alpha value is -0.630. The van der Waals surface area contributed by atoms with Crippen LogP contribution in [0.25, 0.3) is 0 Å². The highest BCUT2D eigenvalue weighted by Gasteiger charge is 2.19. The lowest BCUT2D eigenvalue weighted by Gasteiger charge is -2.19. The van der Waals surface area contributed by atoms with Gasteiger partial charge in [-0.25, -0.2) is 0 Å². The Morgan fingerprint density at radius 2 is 2.33 bits per heavy atom. The molecule has 0 bridgehead atoms. The highest BCUT2D eigenvalue weighted by molar-refractivity contribution is 5.52. The van der Waals surface area contributed by atoms with Gasteiger partial charge < -0.3 is 9.90 Å². The monoisotopic (exact) mass is 128 g/mol. The molecule has 0 spiro atoms. The third kappa shape index (κ3) is 2.42. The molecule has 0 saturated carbocycles. The Labute approximate surface area is 55.2 Å². The van der Waals surface area contributed by atoms with Gasteiger partial charge in [0.05, 0.1) is 5.60 Å². The van der Waals surface area contributed by atoms with Crippen LogP contribution < -0.4 is 0 Å². The van der Waals surface area contributed by atoms with Gasteiger partial charge in [-0.05, 0) is 19.4 Å². The smallest absolute Gasteiger partial charge is 0.123 e. The van der Waals surface area contributed by atoms with Crippen molar-refractivity contribution in [2.24, 2.45) is 0 Å². The van der Waals surface area contributed by atoms with Gasteiger partial charge in [0.15, 0.2) is 0 Å². The summed E-state index contributed by atoms with van der Waals surface area (Å²) in [4.78, 5) is 9.92. The number of rotatable bonds is 3. The summed E-state index contributed by atoms with van der Waals surface area (Å²) < 4.78 is 0. The summed E-state index contributed by atoms with van der Waals surface area (Å²) in [6, 6.07) is 0. The lowest BCUT2D eigenvalue weighted by atomic mass is 9.96. The predicted octanol–water partition coefficient (Wildman–Crippen LogP) is 0.902. The predicted molar refractivity (Wildman–Crippen MR) is 36.1 cm³/mol. The highest BCUT2D eigenvalue weighted by atomic mass is 16.3. The standard InChI is InChI=1S/C7H12O2/c1-6(2)7(3,9)4-5-8/h5,9H,1,4H2,2-3H3. The van der Waals surface area contributed by atoms with Crippen molar-refractivity contribution in [3.63, 3.8) is 0 Å². The fraction of sp³-hybridized carbons (Fsp3) is 0.571. The first-order chi connectivity index (χ1) is 4.00. The average Bonchev–Trinajstić information content (AvgIpc) is 1.65. The van der Waals surface area contributed by atoms with Crippen LogP contribution in [0.3, 0.4) is 0 Å². The summed E-state index contributed by atoms with van der Waals surface area (Å²) in [6.45, 7) is 6.81. The quantitative estimate of drug-likeness (QED) is 0.453. The minimum Gasteiger partial charge on any atom is -0.385 e. The fourth-order valence-corrected chi connectivity index (χ4v) is 0.336.